The fourth-order valence-corrected chi connectivity index (χ4v) is 3.90. The minimum absolute atomic E-state index is 0.612. The maximum absolute atomic E-state index is 3.52. The third kappa shape index (κ3) is 1.83. The topological polar surface area (TPSA) is 15.3 Å². The number of hydrogen-bond acceptors (Lipinski definition) is 2. The number of nitrogens with one attached hydrogen (secondary N) is 1. The van der Waals surface area contributed by atoms with Crippen LogP contribution in [0.5, 0.6) is 0 Å². The Labute approximate surface area is 93.4 Å². The highest BCUT2D eigenvalue weighted by Gasteiger charge is 2.42. The van der Waals surface area contributed by atoms with E-state index >= 15 is 0 Å². The van der Waals surface area contributed by atoms with Gasteiger partial charge < -0.3 is 5.32 Å². The highest BCUT2D eigenvalue weighted by atomic mass is 15.2. The van der Waals surface area contributed by atoms with Gasteiger partial charge in [-0.15, -0.1) is 0 Å². The van der Waals surface area contributed by atoms with Crippen LogP contribution >= 0.6 is 0 Å². The van der Waals surface area contributed by atoms with Crippen molar-refractivity contribution in [1.29, 1.82) is 0 Å². The number of hydrogen-bond donors (Lipinski definition) is 1. The second-order valence-corrected chi connectivity index (χ2v) is 6.69. The molecule has 3 atom stereocenters. The second kappa shape index (κ2) is 3.46. The molecule has 2 heterocycles. The minimum Gasteiger partial charge on any atom is -0.316 e. The summed E-state index contributed by atoms with van der Waals surface area (Å²) in [4.78, 5) is 2.80. The molecule has 1 N–H and O–H groups in total. The number of rotatable bonds is 1. The standard InChI is InChI=1S/C13H24N2/c1-13(2)4-3-12(5-13)15-8-10-6-14-7-11(10)9-15/h10-12,14H,3-9H2,1-2H3/t10-,11+,12?. The highest BCUT2D eigenvalue weighted by molar-refractivity contribution is 4.96. The van der Waals surface area contributed by atoms with Crippen LogP contribution in [0.15, 0.2) is 0 Å². The molecular formula is C13H24N2. The van der Waals surface area contributed by atoms with E-state index in [-0.39, 0.29) is 0 Å². The molecule has 15 heavy (non-hydrogen) atoms. The van der Waals surface area contributed by atoms with E-state index in [9.17, 15) is 0 Å². The van der Waals surface area contributed by atoms with Gasteiger partial charge in [-0.1, -0.05) is 13.8 Å². The van der Waals surface area contributed by atoms with Crippen LogP contribution in [-0.4, -0.2) is 37.1 Å². The van der Waals surface area contributed by atoms with Gasteiger partial charge in [0.2, 0.25) is 0 Å². The van der Waals surface area contributed by atoms with Gasteiger partial charge >= 0.3 is 0 Å². The normalized spacial score (nSPS) is 44.8. The molecule has 0 bridgehead atoms. The molecule has 1 saturated carbocycles. The van der Waals surface area contributed by atoms with E-state index in [1.54, 1.807) is 0 Å². The van der Waals surface area contributed by atoms with Crippen LogP contribution < -0.4 is 5.32 Å². The van der Waals surface area contributed by atoms with E-state index in [4.69, 9.17) is 0 Å². The molecule has 2 aliphatic heterocycles. The minimum atomic E-state index is 0.612. The van der Waals surface area contributed by atoms with Crippen molar-refractivity contribution in [2.24, 2.45) is 17.3 Å². The lowest BCUT2D eigenvalue weighted by atomic mass is 9.91. The zero-order valence-corrected chi connectivity index (χ0v) is 10.1. The summed E-state index contributed by atoms with van der Waals surface area (Å²) >= 11 is 0. The van der Waals surface area contributed by atoms with Crippen molar-refractivity contribution in [1.82, 2.24) is 10.2 Å². The second-order valence-electron chi connectivity index (χ2n) is 6.69. The summed E-state index contributed by atoms with van der Waals surface area (Å²) < 4.78 is 0. The van der Waals surface area contributed by atoms with Crippen molar-refractivity contribution in [3.63, 3.8) is 0 Å². The molecule has 86 valence electrons. The van der Waals surface area contributed by atoms with E-state index in [1.807, 2.05) is 0 Å². The lowest BCUT2D eigenvalue weighted by Crippen LogP contribution is -2.34. The molecule has 2 nitrogen and oxygen atoms in total. The monoisotopic (exact) mass is 208 g/mol. The van der Waals surface area contributed by atoms with Crippen LogP contribution in [0.3, 0.4) is 0 Å². The lowest BCUT2D eigenvalue weighted by molar-refractivity contribution is 0.213. The Kier molecular flexibility index (Phi) is 2.33. The van der Waals surface area contributed by atoms with Crippen molar-refractivity contribution < 1.29 is 0 Å². The molecule has 3 aliphatic rings. The zero-order valence-electron chi connectivity index (χ0n) is 10.1. The molecule has 3 rings (SSSR count). The van der Waals surface area contributed by atoms with Gasteiger partial charge in [-0.3, -0.25) is 4.90 Å². The SMILES string of the molecule is CC1(C)CCC(N2C[C@H]3CNC[C@H]3C2)C1. The maximum atomic E-state index is 3.52. The largest absolute Gasteiger partial charge is 0.316 e. The van der Waals surface area contributed by atoms with Gasteiger partial charge in [0.25, 0.3) is 0 Å². The van der Waals surface area contributed by atoms with E-state index in [0.29, 0.717) is 5.41 Å². The quantitative estimate of drug-likeness (QED) is 0.706. The van der Waals surface area contributed by atoms with Gasteiger partial charge in [-0.2, -0.15) is 0 Å². The summed E-state index contributed by atoms with van der Waals surface area (Å²) in [5.74, 6) is 1.93. The third-order valence-electron chi connectivity index (χ3n) is 4.88. The van der Waals surface area contributed by atoms with Gasteiger partial charge in [0.05, 0.1) is 0 Å². The van der Waals surface area contributed by atoms with Crippen LogP contribution in [0, 0.1) is 17.3 Å². The van der Waals surface area contributed by atoms with Gasteiger partial charge in [-0.05, 0) is 49.6 Å². The van der Waals surface area contributed by atoms with E-state index < -0.39 is 0 Å². The van der Waals surface area contributed by atoms with Crippen LogP contribution in [0.4, 0.5) is 0 Å². The molecule has 0 spiro atoms. The van der Waals surface area contributed by atoms with Crippen LogP contribution in [-0.2, 0) is 0 Å². The number of likely N-dealkylation sites (tertiary alicyclic amines) is 1. The predicted octanol–water partition coefficient (Wildman–Crippen LogP) is 1.72. The van der Waals surface area contributed by atoms with Crippen molar-refractivity contribution in [3.8, 4) is 0 Å². The summed E-state index contributed by atoms with van der Waals surface area (Å²) in [6, 6.07) is 0.908. The number of fused-ring (bicyclic) bond motifs is 1. The molecule has 0 amide bonds. The Morgan fingerprint density at radius 2 is 1.80 bits per heavy atom. The van der Waals surface area contributed by atoms with Crippen LogP contribution in [0.1, 0.15) is 33.1 Å². The highest BCUT2D eigenvalue weighted by Crippen LogP contribution is 2.41. The Morgan fingerprint density at radius 1 is 1.13 bits per heavy atom. The van der Waals surface area contributed by atoms with Gasteiger partial charge in [0.15, 0.2) is 0 Å². The first-order chi connectivity index (χ1) is 7.14. The van der Waals surface area contributed by atoms with Crippen LogP contribution in [0.2, 0.25) is 0 Å². The van der Waals surface area contributed by atoms with Gasteiger partial charge in [-0.25, -0.2) is 0 Å². The van der Waals surface area contributed by atoms with Crippen LogP contribution in [0.25, 0.3) is 0 Å². The van der Waals surface area contributed by atoms with Gasteiger partial charge in [0.1, 0.15) is 0 Å². The summed E-state index contributed by atoms with van der Waals surface area (Å²) in [5.41, 5.74) is 0.612. The first-order valence-corrected chi connectivity index (χ1v) is 6.59. The molecule has 3 fully saturated rings. The fraction of sp³-hybridized carbons (Fsp3) is 1.00. The first-order valence-electron chi connectivity index (χ1n) is 6.59. The Bertz CT molecular complexity index is 237. The molecule has 0 aromatic rings. The summed E-state index contributed by atoms with van der Waals surface area (Å²) in [7, 11) is 0. The maximum Gasteiger partial charge on any atom is 0.0101 e. The van der Waals surface area contributed by atoms with Crippen molar-refractivity contribution >= 4 is 0 Å². The number of nitrogens with zero attached hydrogens (tertiary/aromatic N) is 1. The lowest BCUT2D eigenvalue weighted by Gasteiger charge is -2.26. The summed E-state index contributed by atoms with van der Waals surface area (Å²) in [6.07, 6.45) is 4.31. The molecular weight excluding hydrogens is 184 g/mol. The van der Waals surface area contributed by atoms with Gasteiger partial charge in [0, 0.05) is 19.1 Å². The van der Waals surface area contributed by atoms with E-state index in [2.05, 4.69) is 24.1 Å². The van der Waals surface area contributed by atoms with E-state index in [1.165, 1.54) is 45.4 Å². The van der Waals surface area contributed by atoms with Crippen molar-refractivity contribution in [3.05, 3.63) is 0 Å². The average Bonchev–Trinajstić information content (AvgIpc) is 2.75. The molecule has 2 heteroatoms. The zero-order chi connectivity index (χ0) is 10.5. The Morgan fingerprint density at radius 3 is 2.33 bits per heavy atom. The third-order valence-corrected chi connectivity index (χ3v) is 4.88. The fourth-order valence-electron chi connectivity index (χ4n) is 3.90. The summed E-state index contributed by atoms with van der Waals surface area (Å²) in [5, 5.41) is 3.52. The smallest absolute Gasteiger partial charge is 0.0101 e. The van der Waals surface area contributed by atoms with Crippen molar-refractivity contribution in [2.75, 3.05) is 26.2 Å². The first kappa shape index (κ1) is 10.1. The molecule has 0 aromatic carbocycles. The Hall–Kier alpha value is -0.0800. The Balaban J connectivity index is 1.61. The average molecular weight is 208 g/mol. The molecule has 1 aliphatic carbocycles. The molecule has 0 aromatic heterocycles. The molecule has 0 radical (unpaired) electrons. The molecule has 1 unspecified atom stereocenters. The van der Waals surface area contributed by atoms with Crippen molar-refractivity contribution in [2.45, 2.75) is 39.2 Å². The molecule has 2 saturated heterocycles. The predicted molar refractivity (Wildman–Crippen MR) is 62.8 cm³/mol. The summed E-state index contributed by atoms with van der Waals surface area (Å²) in [6.45, 7) is 10.2. The van der Waals surface area contributed by atoms with E-state index in [0.717, 1.165) is 17.9 Å².